The number of carbonyl (C=O) groups excluding carboxylic acids is 1. The summed E-state index contributed by atoms with van der Waals surface area (Å²) in [5.41, 5.74) is 0. The second-order valence-corrected chi connectivity index (χ2v) is 15.0. The van der Waals surface area contributed by atoms with Crippen LogP contribution in [0.25, 0.3) is 0 Å². The molecule has 272 valence electrons. The summed E-state index contributed by atoms with van der Waals surface area (Å²) < 4.78 is 34.8. The zero-order chi connectivity index (χ0) is 34.2. The van der Waals surface area contributed by atoms with Crippen LogP contribution in [0.2, 0.25) is 0 Å². The molecule has 0 aliphatic rings. The standard InChI is InChI=1S/C37H72NO7P/c1-6-8-10-12-14-16-18-19-20-22-24-26-28-30-37(39)45-36(35-44-46(40,41)43-33-31-38(3,4)5)34-42-32-29-27-25-23-21-17-15-13-11-9-7-2/h11,13,16,18,36H,6-10,12,14-15,17,19-35H2,1-5H3/p+1/b13-11-,18-16-. The number of likely N-dealkylation sites (N-methyl/N-ethyl adjacent to an activating group) is 1. The maximum Gasteiger partial charge on any atom is 0.472 e. The number of allylic oxidation sites excluding steroid dienone is 4. The number of hydrogen-bond acceptors (Lipinski definition) is 6. The van der Waals surface area contributed by atoms with Crippen molar-refractivity contribution in [3.63, 3.8) is 0 Å². The molecule has 0 aromatic carbocycles. The molecule has 2 unspecified atom stereocenters. The van der Waals surface area contributed by atoms with Gasteiger partial charge >= 0.3 is 13.8 Å². The first kappa shape index (κ1) is 45.0. The molecule has 9 heteroatoms. The van der Waals surface area contributed by atoms with Crippen LogP contribution in [0, 0.1) is 0 Å². The van der Waals surface area contributed by atoms with Crippen LogP contribution < -0.4 is 0 Å². The van der Waals surface area contributed by atoms with Crippen LogP contribution in [-0.4, -0.2) is 75.6 Å². The third-order valence-electron chi connectivity index (χ3n) is 7.72. The minimum atomic E-state index is -4.26. The lowest BCUT2D eigenvalue weighted by Gasteiger charge is -2.24. The normalized spacial score (nSPS) is 14.3. The van der Waals surface area contributed by atoms with Crippen LogP contribution in [-0.2, 0) is 27.9 Å². The van der Waals surface area contributed by atoms with E-state index < -0.39 is 13.9 Å². The van der Waals surface area contributed by atoms with Gasteiger partial charge in [0.05, 0.1) is 34.4 Å². The molecule has 0 heterocycles. The van der Waals surface area contributed by atoms with Gasteiger partial charge in [0.1, 0.15) is 19.3 Å². The van der Waals surface area contributed by atoms with E-state index in [-0.39, 0.29) is 25.8 Å². The number of phosphoric acid groups is 1. The van der Waals surface area contributed by atoms with Crippen LogP contribution in [0.5, 0.6) is 0 Å². The monoisotopic (exact) mass is 675 g/mol. The van der Waals surface area contributed by atoms with Crippen LogP contribution in [0.15, 0.2) is 24.3 Å². The molecule has 0 aromatic heterocycles. The van der Waals surface area contributed by atoms with Crippen LogP contribution in [0.4, 0.5) is 0 Å². The summed E-state index contributed by atoms with van der Waals surface area (Å²) in [6, 6.07) is 0. The average molecular weight is 675 g/mol. The Morgan fingerprint density at radius 2 is 1.17 bits per heavy atom. The van der Waals surface area contributed by atoms with Crippen molar-refractivity contribution >= 4 is 13.8 Å². The summed E-state index contributed by atoms with van der Waals surface area (Å²) in [7, 11) is 1.66. The summed E-state index contributed by atoms with van der Waals surface area (Å²) in [4.78, 5) is 22.7. The highest BCUT2D eigenvalue weighted by Gasteiger charge is 2.26. The second kappa shape index (κ2) is 31.3. The summed E-state index contributed by atoms with van der Waals surface area (Å²) in [6.45, 7) is 5.52. The highest BCUT2D eigenvalue weighted by Crippen LogP contribution is 2.43. The fourth-order valence-electron chi connectivity index (χ4n) is 4.78. The van der Waals surface area contributed by atoms with Crippen molar-refractivity contribution in [1.29, 1.82) is 0 Å². The number of esters is 1. The summed E-state index contributed by atoms with van der Waals surface area (Å²) in [6.07, 6.45) is 32.0. The van der Waals surface area contributed by atoms with Crippen molar-refractivity contribution < 1.29 is 37.3 Å². The fourth-order valence-corrected chi connectivity index (χ4v) is 5.52. The molecule has 0 amide bonds. The van der Waals surface area contributed by atoms with Gasteiger partial charge in [-0.1, -0.05) is 109 Å². The second-order valence-electron chi connectivity index (χ2n) is 13.6. The zero-order valence-corrected chi connectivity index (χ0v) is 31.5. The molecule has 46 heavy (non-hydrogen) atoms. The number of nitrogens with zero attached hydrogens (tertiary/aromatic N) is 1. The van der Waals surface area contributed by atoms with Crippen molar-refractivity contribution in [1.82, 2.24) is 0 Å². The smallest absolute Gasteiger partial charge is 0.457 e. The molecular weight excluding hydrogens is 601 g/mol. The van der Waals surface area contributed by atoms with E-state index in [4.69, 9.17) is 18.5 Å². The van der Waals surface area contributed by atoms with E-state index in [1.807, 2.05) is 21.1 Å². The van der Waals surface area contributed by atoms with E-state index in [1.165, 1.54) is 83.5 Å². The number of quaternary nitrogens is 1. The largest absolute Gasteiger partial charge is 0.472 e. The molecule has 8 nitrogen and oxygen atoms in total. The molecule has 0 saturated heterocycles. The van der Waals surface area contributed by atoms with Gasteiger partial charge in [-0.2, -0.15) is 0 Å². The molecule has 0 spiro atoms. The first-order valence-electron chi connectivity index (χ1n) is 18.6. The molecule has 0 bridgehead atoms. The third kappa shape index (κ3) is 34.3. The van der Waals surface area contributed by atoms with E-state index in [9.17, 15) is 14.3 Å². The van der Waals surface area contributed by atoms with Gasteiger partial charge in [-0.05, 0) is 57.8 Å². The topological polar surface area (TPSA) is 91.3 Å². The Kier molecular flexibility index (Phi) is 30.6. The lowest BCUT2D eigenvalue weighted by atomic mass is 10.1. The zero-order valence-electron chi connectivity index (χ0n) is 30.6. The van der Waals surface area contributed by atoms with Crippen molar-refractivity contribution in [3.8, 4) is 0 Å². The quantitative estimate of drug-likeness (QED) is 0.0239. The van der Waals surface area contributed by atoms with Crippen molar-refractivity contribution in [3.05, 3.63) is 24.3 Å². The first-order valence-corrected chi connectivity index (χ1v) is 20.1. The first-order chi connectivity index (χ1) is 22.1. The number of hydrogen-bond donors (Lipinski definition) is 1. The number of ether oxygens (including phenoxy) is 2. The Labute approximate surface area is 283 Å². The van der Waals surface area contributed by atoms with Gasteiger partial charge < -0.3 is 18.9 Å². The Bertz CT molecular complexity index is 797. The summed E-state index contributed by atoms with van der Waals surface area (Å²) >= 11 is 0. The summed E-state index contributed by atoms with van der Waals surface area (Å²) in [5.74, 6) is -0.327. The number of carbonyl (C=O) groups is 1. The van der Waals surface area contributed by atoms with E-state index in [0.717, 1.165) is 44.9 Å². The van der Waals surface area contributed by atoms with Gasteiger partial charge in [0.15, 0.2) is 0 Å². The lowest BCUT2D eigenvalue weighted by molar-refractivity contribution is -0.870. The Morgan fingerprint density at radius 3 is 1.74 bits per heavy atom. The van der Waals surface area contributed by atoms with Crippen LogP contribution in [0.1, 0.15) is 149 Å². The fraction of sp³-hybridized carbons (Fsp3) is 0.865. The number of rotatable bonds is 34. The molecule has 0 fully saturated rings. The van der Waals surface area contributed by atoms with Crippen LogP contribution in [0.3, 0.4) is 0 Å². The molecule has 0 aliphatic carbocycles. The van der Waals surface area contributed by atoms with Crippen molar-refractivity contribution in [2.45, 2.75) is 155 Å². The van der Waals surface area contributed by atoms with E-state index in [2.05, 4.69) is 38.2 Å². The maximum absolute atomic E-state index is 12.6. The predicted octanol–water partition coefficient (Wildman–Crippen LogP) is 10.1. The minimum Gasteiger partial charge on any atom is -0.457 e. The average Bonchev–Trinajstić information content (AvgIpc) is 2.99. The van der Waals surface area contributed by atoms with Gasteiger partial charge in [0.25, 0.3) is 0 Å². The van der Waals surface area contributed by atoms with E-state index >= 15 is 0 Å². The van der Waals surface area contributed by atoms with Crippen molar-refractivity contribution in [2.24, 2.45) is 0 Å². The summed E-state index contributed by atoms with van der Waals surface area (Å²) in [5, 5.41) is 0. The lowest BCUT2D eigenvalue weighted by Crippen LogP contribution is -2.37. The molecule has 0 aliphatic heterocycles. The molecule has 1 N–H and O–H groups in total. The molecule has 0 rings (SSSR count). The van der Waals surface area contributed by atoms with Crippen LogP contribution >= 0.6 is 7.82 Å². The van der Waals surface area contributed by atoms with E-state index in [0.29, 0.717) is 24.1 Å². The van der Waals surface area contributed by atoms with E-state index in [1.54, 1.807) is 0 Å². The van der Waals surface area contributed by atoms with Gasteiger partial charge in [-0.25, -0.2) is 4.57 Å². The SMILES string of the molecule is CCC/C=C\CCCCCCCCOCC(COP(=O)(O)OCC[N+](C)(C)C)OC(=O)CCCCCCC/C=C\CCCCCC. The molecule has 0 aromatic rings. The van der Waals surface area contributed by atoms with Gasteiger partial charge in [0.2, 0.25) is 0 Å². The third-order valence-corrected chi connectivity index (χ3v) is 8.70. The highest BCUT2D eigenvalue weighted by atomic mass is 31.2. The van der Waals surface area contributed by atoms with Gasteiger partial charge in [-0.3, -0.25) is 13.8 Å². The van der Waals surface area contributed by atoms with Gasteiger partial charge in [0, 0.05) is 13.0 Å². The van der Waals surface area contributed by atoms with Gasteiger partial charge in [-0.15, -0.1) is 0 Å². The molecular formula is C37H73NO7P+. The highest BCUT2D eigenvalue weighted by molar-refractivity contribution is 7.47. The minimum absolute atomic E-state index is 0.0864. The Morgan fingerprint density at radius 1 is 0.652 bits per heavy atom. The molecule has 2 atom stereocenters. The Balaban J connectivity index is 4.34. The Hall–Kier alpha value is -1.02. The van der Waals surface area contributed by atoms with Crippen molar-refractivity contribution in [2.75, 3.05) is 54.1 Å². The molecule has 0 saturated carbocycles. The predicted molar refractivity (Wildman–Crippen MR) is 192 cm³/mol. The maximum atomic E-state index is 12.6. The number of phosphoric ester groups is 1. The molecule has 0 radical (unpaired) electrons. The number of unbranched alkanes of at least 4 members (excludes halogenated alkanes) is 16.